The number of amides is 1. The lowest BCUT2D eigenvalue weighted by atomic mass is 9.88. The van der Waals surface area contributed by atoms with E-state index in [1.54, 1.807) is 6.08 Å². The van der Waals surface area contributed by atoms with Gasteiger partial charge in [0, 0.05) is 17.6 Å². The van der Waals surface area contributed by atoms with Crippen LogP contribution in [0.25, 0.3) is 0 Å². The zero-order chi connectivity index (χ0) is 16.4. The molecule has 1 atom stereocenters. The van der Waals surface area contributed by atoms with E-state index in [9.17, 15) is 4.79 Å². The maximum atomic E-state index is 12.7. The molecule has 2 nitrogen and oxygen atoms in total. The van der Waals surface area contributed by atoms with Gasteiger partial charge in [0.2, 0.25) is 5.91 Å². The van der Waals surface area contributed by atoms with Crippen molar-refractivity contribution in [2.75, 3.05) is 6.54 Å². The fraction of sp³-hybridized carbons (Fsp3) is 0.250. The summed E-state index contributed by atoms with van der Waals surface area (Å²) < 4.78 is 0. The molecule has 1 aliphatic heterocycles. The van der Waals surface area contributed by atoms with Gasteiger partial charge in [0.1, 0.15) is 0 Å². The molecule has 0 radical (unpaired) electrons. The molecule has 0 aromatic heterocycles. The number of rotatable bonds is 2. The van der Waals surface area contributed by atoms with E-state index in [1.807, 2.05) is 49.1 Å². The van der Waals surface area contributed by atoms with Crippen molar-refractivity contribution in [3.63, 3.8) is 0 Å². The lowest BCUT2D eigenvalue weighted by Gasteiger charge is -2.37. The fourth-order valence-electron chi connectivity index (χ4n) is 3.14. The highest BCUT2D eigenvalue weighted by Crippen LogP contribution is 2.35. The number of fused-ring (bicyclic) bond motifs is 1. The van der Waals surface area contributed by atoms with Crippen LogP contribution in [0, 0.1) is 0 Å². The van der Waals surface area contributed by atoms with Gasteiger partial charge in [-0.2, -0.15) is 0 Å². The summed E-state index contributed by atoms with van der Waals surface area (Å²) in [6.45, 7) is 4.63. The molecule has 3 heteroatoms. The van der Waals surface area contributed by atoms with Crippen molar-refractivity contribution in [1.82, 2.24) is 4.90 Å². The summed E-state index contributed by atoms with van der Waals surface area (Å²) in [7, 11) is 0. The molecular weight excluding hydrogens is 306 g/mol. The van der Waals surface area contributed by atoms with E-state index in [1.165, 1.54) is 11.1 Å². The second kappa shape index (κ2) is 6.59. The molecule has 0 unspecified atom stereocenters. The molecule has 0 bridgehead atoms. The van der Waals surface area contributed by atoms with Crippen molar-refractivity contribution >= 4 is 17.5 Å². The van der Waals surface area contributed by atoms with Crippen LogP contribution in [0.5, 0.6) is 0 Å². The van der Waals surface area contributed by atoms with Crippen LogP contribution in [-0.2, 0) is 11.2 Å². The smallest absolute Gasteiger partial charge is 0.247 e. The van der Waals surface area contributed by atoms with Crippen LogP contribution in [-0.4, -0.2) is 17.4 Å². The zero-order valence-corrected chi connectivity index (χ0v) is 14.2. The molecule has 1 aliphatic rings. The van der Waals surface area contributed by atoms with E-state index in [0.717, 1.165) is 24.1 Å². The molecule has 0 saturated heterocycles. The SMILES string of the molecule is CC(C)=CC(=O)N1CCc2ccccc2[C@@H]1c1ccc(Cl)cc1. The van der Waals surface area contributed by atoms with Crippen molar-refractivity contribution in [3.05, 3.63) is 81.9 Å². The molecule has 0 aliphatic carbocycles. The van der Waals surface area contributed by atoms with E-state index < -0.39 is 0 Å². The van der Waals surface area contributed by atoms with Crippen LogP contribution >= 0.6 is 11.6 Å². The third-order valence-electron chi connectivity index (χ3n) is 4.16. The molecular formula is C20H20ClNO. The van der Waals surface area contributed by atoms with Crippen LogP contribution in [0.1, 0.15) is 36.6 Å². The van der Waals surface area contributed by atoms with Crippen molar-refractivity contribution in [1.29, 1.82) is 0 Å². The van der Waals surface area contributed by atoms with Crippen LogP contribution < -0.4 is 0 Å². The predicted molar refractivity (Wildman–Crippen MR) is 94.6 cm³/mol. The Kier molecular flexibility index (Phi) is 4.53. The summed E-state index contributed by atoms with van der Waals surface area (Å²) in [4.78, 5) is 14.6. The molecule has 1 amide bonds. The molecule has 0 saturated carbocycles. The molecule has 1 heterocycles. The van der Waals surface area contributed by atoms with Gasteiger partial charge in [0.05, 0.1) is 6.04 Å². The van der Waals surface area contributed by atoms with E-state index >= 15 is 0 Å². The molecule has 23 heavy (non-hydrogen) atoms. The van der Waals surface area contributed by atoms with Crippen molar-refractivity contribution in [2.45, 2.75) is 26.3 Å². The van der Waals surface area contributed by atoms with Gasteiger partial charge >= 0.3 is 0 Å². The number of halogens is 1. The lowest BCUT2D eigenvalue weighted by Crippen LogP contribution is -2.39. The molecule has 0 fully saturated rings. The zero-order valence-electron chi connectivity index (χ0n) is 13.4. The normalized spacial score (nSPS) is 16.7. The second-order valence-corrected chi connectivity index (χ2v) is 6.59. The molecule has 0 spiro atoms. The van der Waals surface area contributed by atoms with E-state index in [2.05, 4.69) is 18.2 Å². The van der Waals surface area contributed by atoms with E-state index in [4.69, 9.17) is 11.6 Å². The summed E-state index contributed by atoms with van der Waals surface area (Å²) >= 11 is 6.03. The first-order valence-electron chi connectivity index (χ1n) is 7.85. The first kappa shape index (κ1) is 15.8. The molecule has 118 valence electrons. The Hall–Kier alpha value is -2.06. The van der Waals surface area contributed by atoms with Gasteiger partial charge in [-0.3, -0.25) is 4.79 Å². The van der Waals surface area contributed by atoms with Crippen molar-refractivity contribution < 1.29 is 4.79 Å². The minimum Gasteiger partial charge on any atom is -0.328 e. The number of nitrogens with zero attached hydrogens (tertiary/aromatic N) is 1. The summed E-state index contributed by atoms with van der Waals surface area (Å²) in [5.41, 5.74) is 4.63. The summed E-state index contributed by atoms with van der Waals surface area (Å²) in [5, 5.41) is 0.708. The first-order valence-corrected chi connectivity index (χ1v) is 8.23. The average molecular weight is 326 g/mol. The summed E-state index contributed by atoms with van der Waals surface area (Å²) in [6, 6.07) is 16.1. The third kappa shape index (κ3) is 3.32. The minimum absolute atomic E-state index is 0.0553. The monoisotopic (exact) mass is 325 g/mol. The highest BCUT2D eigenvalue weighted by Gasteiger charge is 2.30. The first-order chi connectivity index (χ1) is 11.1. The van der Waals surface area contributed by atoms with E-state index in [0.29, 0.717) is 5.02 Å². The van der Waals surface area contributed by atoms with Gasteiger partial charge in [0.15, 0.2) is 0 Å². The van der Waals surface area contributed by atoms with E-state index in [-0.39, 0.29) is 11.9 Å². The van der Waals surface area contributed by atoms with Gasteiger partial charge in [-0.1, -0.05) is 53.6 Å². The minimum atomic E-state index is -0.0553. The topological polar surface area (TPSA) is 20.3 Å². The molecule has 3 rings (SSSR count). The summed E-state index contributed by atoms with van der Waals surface area (Å²) in [5.74, 6) is 0.0689. The van der Waals surface area contributed by atoms with Crippen LogP contribution in [0.2, 0.25) is 5.02 Å². The quantitative estimate of drug-likeness (QED) is 0.728. The van der Waals surface area contributed by atoms with Gasteiger partial charge in [-0.25, -0.2) is 0 Å². The molecule has 0 N–H and O–H groups in total. The lowest BCUT2D eigenvalue weighted by molar-refractivity contribution is -0.128. The standard InChI is InChI=1S/C20H20ClNO/c1-14(2)13-19(23)22-12-11-15-5-3-4-6-18(15)20(22)16-7-9-17(21)10-8-16/h3-10,13,20H,11-12H2,1-2H3/t20-/m0/s1. The van der Waals surface area contributed by atoms with Crippen LogP contribution in [0.15, 0.2) is 60.2 Å². The maximum absolute atomic E-state index is 12.7. The Morgan fingerprint density at radius 2 is 1.83 bits per heavy atom. The number of benzene rings is 2. The third-order valence-corrected chi connectivity index (χ3v) is 4.42. The maximum Gasteiger partial charge on any atom is 0.247 e. The van der Waals surface area contributed by atoms with Gasteiger partial charge in [0.25, 0.3) is 0 Å². The van der Waals surface area contributed by atoms with Gasteiger partial charge in [-0.05, 0) is 49.1 Å². The number of allylic oxidation sites excluding steroid dienone is 1. The van der Waals surface area contributed by atoms with Crippen molar-refractivity contribution in [2.24, 2.45) is 0 Å². The van der Waals surface area contributed by atoms with Gasteiger partial charge in [-0.15, -0.1) is 0 Å². The highest BCUT2D eigenvalue weighted by molar-refractivity contribution is 6.30. The molecule has 2 aromatic carbocycles. The second-order valence-electron chi connectivity index (χ2n) is 6.16. The highest BCUT2D eigenvalue weighted by atomic mass is 35.5. The van der Waals surface area contributed by atoms with Crippen LogP contribution in [0.3, 0.4) is 0 Å². The Balaban J connectivity index is 2.08. The van der Waals surface area contributed by atoms with Gasteiger partial charge < -0.3 is 4.90 Å². The largest absolute Gasteiger partial charge is 0.328 e. The van der Waals surface area contributed by atoms with Crippen molar-refractivity contribution in [3.8, 4) is 0 Å². The average Bonchev–Trinajstić information content (AvgIpc) is 2.54. The fourth-order valence-corrected chi connectivity index (χ4v) is 3.26. The Morgan fingerprint density at radius 1 is 1.13 bits per heavy atom. The Labute approximate surface area is 142 Å². The Bertz CT molecular complexity index is 744. The number of hydrogen-bond acceptors (Lipinski definition) is 1. The Morgan fingerprint density at radius 3 is 2.52 bits per heavy atom. The summed E-state index contributed by atoms with van der Waals surface area (Å²) in [6.07, 6.45) is 2.61. The predicted octanol–water partition coefficient (Wildman–Crippen LogP) is 4.78. The number of hydrogen-bond donors (Lipinski definition) is 0. The number of carbonyl (C=O) groups excluding carboxylic acids is 1. The number of carbonyl (C=O) groups is 1. The molecule has 2 aromatic rings. The van der Waals surface area contributed by atoms with Crippen LogP contribution in [0.4, 0.5) is 0 Å².